The Bertz CT molecular complexity index is 294. The molecule has 1 unspecified atom stereocenters. The zero-order valence-corrected chi connectivity index (χ0v) is 10.2. The highest BCUT2D eigenvalue weighted by Gasteiger charge is 2.23. The fraction of sp³-hybridized carbons (Fsp3) is 0.556. The Labute approximate surface area is 92.5 Å². The lowest BCUT2D eigenvalue weighted by Gasteiger charge is -2.30. The zero-order chi connectivity index (χ0) is 10.8. The van der Waals surface area contributed by atoms with Crippen LogP contribution in [0.1, 0.15) is 20.8 Å². The molecule has 5 heteroatoms. The van der Waals surface area contributed by atoms with Crippen LogP contribution in [0.2, 0.25) is 0 Å². The minimum Gasteiger partial charge on any atom is -0.348 e. The van der Waals surface area contributed by atoms with Crippen molar-refractivity contribution in [2.45, 2.75) is 32.4 Å². The van der Waals surface area contributed by atoms with Crippen molar-refractivity contribution in [3.8, 4) is 0 Å². The highest BCUT2D eigenvalue weighted by Crippen LogP contribution is 2.14. The first-order valence-corrected chi connectivity index (χ1v) is 5.22. The molecule has 3 N–H and O–H groups in total. The van der Waals surface area contributed by atoms with Gasteiger partial charge in [0.05, 0.1) is 4.47 Å². The average Bonchev–Trinajstić information content (AvgIpc) is 2.08. The SMILES string of the molecule is CC(N)C(C)(C)Nc1ncc(Br)cn1. The van der Waals surface area contributed by atoms with E-state index < -0.39 is 0 Å². The molecule has 1 rings (SSSR count). The van der Waals surface area contributed by atoms with E-state index in [2.05, 4.69) is 31.2 Å². The van der Waals surface area contributed by atoms with E-state index >= 15 is 0 Å². The number of hydrogen-bond acceptors (Lipinski definition) is 4. The minimum atomic E-state index is -0.214. The molecule has 0 saturated heterocycles. The van der Waals surface area contributed by atoms with Crippen LogP contribution < -0.4 is 11.1 Å². The molecule has 0 aliphatic rings. The monoisotopic (exact) mass is 258 g/mol. The van der Waals surface area contributed by atoms with Gasteiger partial charge >= 0.3 is 0 Å². The molecule has 0 aliphatic carbocycles. The van der Waals surface area contributed by atoms with Gasteiger partial charge in [-0.15, -0.1) is 0 Å². The largest absolute Gasteiger partial charge is 0.348 e. The van der Waals surface area contributed by atoms with Gasteiger partial charge in [-0.25, -0.2) is 9.97 Å². The molecule has 0 amide bonds. The molecule has 0 saturated carbocycles. The first kappa shape index (κ1) is 11.4. The van der Waals surface area contributed by atoms with Crippen molar-refractivity contribution in [1.82, 2.24) is 9.97 Å². The van der Waals surface area contributed by atoms with Gasteiger partial charge in [0.2, 0.25) is 5.95 Å². The van der Waals surface area contributed by atoms with Crippen LogP contribution in [0, 0.1) is 0 Å². The van der Waals surface area contributed by atoms with E-state index in [-0.39, 0.29) is 11.6 Å². The molecular weight excluding hydrogens is 244 g/mol. The van der Waals surface area contributed by atoms with Crippen LogP contribution in [0.3, 0.4) is 0 Å². The summed E-state index contributed by atoms with van der Waals surface area (Å²) in [6.07, 6.45) is 3.40. The maximum absolute atomic E-state index is 5.82. The lowest BCUT2D eigenvalue weighted by atomic mass is 9.97. The van der Waals surface area contributed by atoms with Crippen molar-refractivity contribution in [2.75, 3.05) is 5.32 Å². The van der Waals surface area contributed by atoms with Crippen LogP contribution in [0.4, 0.5) is 5.95 Å². The van der Waals surface area contributed by atoms with Gasteiger partial charge in [-0.2, -0.15) is 0 Å². The van der Waals surface area contributed by atoms with Crippen LogP contribution >= 0.6 is 15.9 Å². The van der Waals surface area contributed by atoms with Crippen LogP contribution in [-0.4, -0.2) is 21.5 Å². The molecule has 0 radical (unpaired) electrons. The minimum absolute atomic E-state index is 0.0229. The van der Waals surface area contributed by atoms with Crippen LogP contribution in [0.5, 0.6) is 0 Å². The Kier molecular flexibility index (Phi) is 3.44. The van der Waals surface area contributed by atoms with E-state index in [1.807, 2.05) is 20.8 Å². The first-order valence-electron chi connectivity index (χ1n) is 4.43. The molecule has 0 bridgehead atoms. The molecule has 14 heavy (non-hydrogen) atoms. The van der Waals surface area contributed by atoms with E-state index in [0.717, 1.165) is 4.47 Å². The van der Waals surface area contributed by atoms with Gasteiger partial charge < -0.3 is 11.1 Å². The van der Waals surface area contributed by atoms with Crippen LogP contribution in [0.25, 0.3) is 0 Å². The second-order valence-electron chi connectivity index (χ2n) is 3.86. The predicted molar refractivity (Wildman–Crippen MR) is 61.1 cm³/mol. The molecule has 1 heterocycles. The average molecular weight is 259 g/mol. The smallest absolute Gasteiger partial charge is 0.223 e. The van der Waals surface area contributed by atoms with E-state index in [1.165, 1.54) is 0 Å². The van der Waals surface area contributed by atoms with Crippen molar-refractivity contribution in [3.63, 3.8) is 0 Å². The molecule has 1 aromatic rings. The summed E-state index contributed by atoms with van der Waals surface area (Å²) in [4.78, 5) is 8.24. The van der Waals surface area contributed by atoms with E-state index in [1.54, 1.807) is 12.4 Å². The topological polar surface area (TPSA) is 63.8 Å². The number of halogens is 1. The molecule has 0 aliphatic heterocycles. The molecule has 1 aromatic heterocycles. The number of anilines is 1. The van der Waals surface area contributed by atoms with Crippen molar-refractivity contribution in [2.24, 2.45) is 5.73 Å². The highest BCUT2D eigenvalue weighted by molar-refractivity contribution is 9.10. The molecule has 78 valence electrons. The van der Waals surface area contributed by atoms with Gasteiger partial charge in [0, 0.05) is 24.0 Å². The Morgan fingerprint density at radius 1 is 1.43 bits per heavy atom. The third-order valence-electron chi connectivity index (χ3n) is 2.19. The second kappa shape index (κ2) is 4.23. The third-order valence-corrected chi connectivity index (χ3v) is 2.60. The number of hydrogen-bond donors (Lipinski definition) is 2. The Hall–Kier alpha value is -0.680. The summed E-state index contributed by atoms with van der Waals surface area (Å²) in [5.41, 5.74) is 5.61. The molecule has 1 atom stereocenters. The number of aromatic nitrogens is 2. The van der Waals surface area contributed by atoms with E-state index in [0.29, 0.717) is 5.95 Å². The van der Waals surface area contributed by atoms with Crippen molar-refractivity contribution in [1.29, 1.82) is 0 Å². The number of nitrogens with one attached hydrogen (secondary N) is 1. The second-order valence-corrected chi connectivity index (χ2v) is 4.78. The standard InChI is InChI=1S/C9H15BrN4/c1-6(11)9(2,3)14-8-12-4-7(10)5-13-8/h4-6H,11H2,1-3H3,(H,12,13,14). The summed E-state index contributed by atoms with van der Waals surface area (Å²) < 4.78 is 0.863. The fourth-order valence-electron chi connectivity index (χ4n) is 0.779. The number of rotatable bonds is 3. The normalized spacial score (nSPS) is 13.8. The van der Waals surface area contributed by atoms with Gasteiger partial charge in [-0.05, 0) is 36.7 Å². The Balaban J connectivity index is 2.74. The van der Waals surface area contributed by atoms with Crippen LogP contribution in [-0.2, 0) is 0 Å². The zero-order valence-electron chi connectivity index (χ0n) is 8.58. The maximum Gasteiger partial charge on any atom is 0.223 e. The molecule has 0 aromatic carbocycles. The van der Waals surface area contributed by atoms with Gasteiger partial charge in [0.1, 0.15) is 0 Å². The van der Waals surface area contributed by atoms with Gasteiger partial charge in [0.15, 0.2) is 0 Å². The Morgan fingerprint density at radius 3 is 2.36 bits per heavy atom. The van der Waals surface area contributed by atoms with Gasteiger partial charge in [-0.1, -0.05) is 0 Å². The van der Waals surface area contributed by atoms with Gasteiger partial charge in [-0.3, -0.25) is 0 Å². The Morgan fingerprint density at radius 2 is 1.93 bits per heavy atom. The van der Waals surface area contributed by atoms with Crippen molar-refractivity contribution < 1.29 is 0 Å². The predicted octanol–water partition coefficient (Wildman–Crippen LogP) is 1.78. The lowest BCUT2D eigenvalue weighted by Crippen LogP contribution is -2.47. The summed E-state index contributed by atoms with van der Waals surface area (Å²) in [5.74, 6) is 0.593. The fourth-order valence-corrected chi connectivity index (χ4v) is 0.984. The third kappa shape index (κ3) is 2.92. The molecular formula is C9H15BrN4. The van der Waals surface area contributed by atoms with Crippen molar-refractivity contribution >= 4 is 21.9 Å². The number of nitrogens with zero attached hydrogens (tertiary/aromatic N) is 2. The van der Waals surface area contributed by atoms with Crippen LogP contribution in [0.15, 0.2) is 16.9 Å². The molecule has 0 fully saturated rings. The van der Waals surface area contributed by atoms with Crippen molar-refractivity contribution in [3.05, 3.63) is 16.9 Å². The summed E-state index contributed by atoms with van der Waals surface area (Å²) in [5, 5.41) is 3.18. The molecule has 0 spiro atoms. The lowest BCUT2D eigenvalue weighted by molar-refractivity contribution is 0.467. The number of nitrogens with two attached hydrogens (primary N) is 1. The van der Waals surface area contributed by atoms with E-state index in [9.17, 15) is 0 Å². The molecule has 4 nitrogen and oxygen atoms in total. The van der Waals surface area contributed by atoms with E-state index in [4.69, 9.17) is 5.73 Å². The first-order chi connectivity index (χ1) is 6.42. The summed E-state index contributed by atoms with van der Waals surface area (Å²) in [7, 11) is 0. The van der Waals surface area contributed by atoms with Gasteiger partial charge in [0.25, 0.3) is 0 Å². The highest BCUT2D eigenvalue weighted by atomic mass is 79.9. The summed E-state index contributed by atoms with van der Waals surface area (Å²) in [6, 6.07) is 0.0229. The maximum atomic E-state index is 5.82. The summed E-state index contributed by atoms with van der Waals surface area (Å²) >= 11 is 3.28. The summed E-state index contributed by atoms with van der Waals surface area (Å²) in [6.45, 7) is 5.98. The quantitative estimate of drug-likeness (QED) is 0.868.